The van der Waals surface area contributed by atoms with Gasteiger partial charge in [-0.2, -0.15) is 0 Å². The predicted octanol–water partition coefficient (Wildman–Crippen LogP) is 2.45. The van der Waals surface area contributed by atoms with E-state index in [2.05, 4.69) is 15.1 Å². The number of aryl methyl sites for hydroxylation is 2. The van der Waals surface area contributed by atoms with Crippen molar-refractivity contribution in [2.24, 2.45) is 7.05 Å². The first-order chi connectivity index (χ1) is 11.5. The van der Waals surface area contributed by atoms with Gasteiger partial charge in [-0.3, -0.25) is 4.68 Å². The number of carbonyl (C=O) groups excluding carboxylic acids is 1. The zero-order valence-electron chi connectivity index (χ0n) is 13.2. The molecule has 0 fully saturated rings. The zero-order chi connectivity index (χ0) is 17.1. The van der Waals surface area contributed by atoms with Crippen molar-refractivity contribution >= 4 is 28.5 Å². The van der Waals surface area contributed by atoms with Crippen LogP contribution in [-0.2, 0) is 23.2 Å². The van der Waals surface area contributed by atoms with Gasteiger partial charge in [0.1, 0.15) is 5.15 Å². The number of hydrogen-bond acceptors (Lipinski definition) is 6. The van der Waals surface area contributed by atoms with Crippen LogP contribution in [-0.4, -0.2) is 32.3 Å². The predicted molar refractivity (Wildman–Crippen MR) is 87.8 cm³/mol. The number of halogens is 1. The number of aromatic nitrogens is 4. The largest absolute Gasteiger partial charge is 0.464 e. The van der Waals surface area contributed by atoms with Crippen molar-refractivity contribution in [3.8, 4) is 5.88 Å². The summed E-state index contributed by atoms with van der Waals surface area (Å²) in [5.41, 5.74) is 1.63. The molecule has 2 heterocycles. The molecule has 0 saturated heterocycles. The third-order valence-electron chi connectivity index (χ3n) is 3.28. The van der Waals surface area contributed by atoms with Crippen molar-refractivity contribution in [1.29, 1.82) is 0 Å². The molecular weight excluding hydrogens is 332 g/mol. The second-order valence-electron chi connectivity index (χ2n) is 5.14. The Morgan fingerprint density at radius 3 is 2.88 bits per heavy atom. The molecule has 3 aromatic rings. The molecule has 8 heteroatoms. The lowest BCUT2D eigenvalue weighted by Gasteiger charge is -2.05. The highest BCUT2D eigenvalue weighted by Crippen LogP contribution is 2.23. The number of hydrogen-bond donors (Lipinski definition) is 0. The molecule has 0 aliphatic heterocycles. The van der Waals surface area contributed by atoms with Crippen LogP contribution in [0.2, 0.25) is 5.15 Å². The summed E-state index contributed by atoms with van der Waals surface area (Å²) >= 11 is 5.84. The molecular formula is C16H15ClN4O3. The van der Waals surface area contributed by atoms with E-state index in [1.54, 1.807) is 17.7 Å². The smallest absolute Gasteiger partial charge is 0.344 e. The first-order valence-electron chi connectivity index (χ1n) is 7.23. The Bertz CT molecular complexity index is 874. The van der Waals surface area contributed by atoms with Gasteiger partial charge in [0.05, 0.1) is 10.9 Å². The minimum absolute atomic E-state index is 0.0629. The van der Waals surface area contributed by atoms with Crippen molar-refractivity contribution in [3.63, 3.8) is 0 Å². The quantitative estimate of drug-likeness (QED) is 0.521. The average molecular weight is 347 g/mol. The highest BCUT2D eigenvalue weighted by atomic mass is 35.5. The van der Waals surface area contributed by atoms with Crippen molar-refractivity contribution in [3.05, 3.63) is 47.0 Å². The molecule has 1 aromatic carbocycles. The van der Waals surface area contributed by atoms with E-state index >= 15 is 0 Å². The lowest BCUT2D eigenvalue weighted by molar-refractivity contribution is -0.147. The standard InChI is InChI=1S/C16H15ClN4O3/c1-10-7-13(17)19-14(18-10)8-23-15(22)9-24-16-11-5-3-4-6-12(11)21(2)20-16/h3-7H,8-9H2,1-2H3. The molecule has 0 N–H and O–H groups in total. The summed E-state index contributed by atoms with van der Waals surface area (Å²) in [4.78, 5) is 20.0. The molecule has 0 aliphatic carbocycles. The molecule has 0 atom stereocenters. The SMILES string of the molecule is Cc1cc(Cl)nc(COC(=O)COc2nn(C)c3ccccc23)n1. The minimum Gasteiger partial charge on any atom is -0.464 e. The van der Waals surface area contributed by atoms with Crippen LogP contribution in [0.1, 0.15) is 11.5 Å². The Balaban J connectivity index is 1.59. The van der Waals surface area contributed by atoms with E-state index in [4.69, 9.17) is 21.1 Å². The van der Waals surface area contributed by atoms with Crippen LogP contribution in [0.5, 0.6) is 5.88 Å². The molecule has 124 valence electrons. The van der Waals surface area contributed by atoms with E-state index < -0.39 is 5.97 Å². The summed E-state index contributed by atoms with van der Waals surface area (Å²) in [6.45, 7) is 1.47. The normalized spacial score (nSPS) is 10.8. The van der Waals surface area contributed by atoms with Gasteiger partial charge in [0.15, 0.2) is 19.0 Å². The third-order valence-corrected chi connectivity index (χ3v) is 3.48. The monoisotopic (exact) mass is 346 g/mol. The Hall–Kier alpha value is -2.67. The molecule has 3 rings (SSSR count). The molecule has 0 bridgehead atoms. The molecule has 0 aliphatic rings. The van der Waals surface area contributed by atoms with Crippen molar-refractivity contribution in [2.45, 2.75) is 13.5 Å². The molecule has 2 aromatic heterocycles. The van der Waals surface area contributed by atoms with Crippen LogP contribution >= 0.6 is 11.6 Å². The van der Waals surface area contributed by atoms with Crippen molar-refractivity contribution in [2.75, 3.05) is 6.61 Å². The maximum Gasteiger partial charge on any atom is 0.344 e. The molecule has 0 amide bonds. The summed E-state index contributed by atoms with van der Waals surface area (Å²) in [6, 6.07) is 9.23. The van der Waals surface area contributed by atoms with Gasteiger partial charge >= 0.3 is 5.97 Å². The Morgan fingerprint density at radius 1 is 1.29 bits per heavy atom. The number of rotatable bonds is 5. The number of nitrogens with zero attached hydrogens (tertiary/aromatic N) is 4. The van der Waals surface area contributed by atoms with Crippen molar-refractivity contribution < 1.29 is 14.3 Å². The fourth-order valence-electron chi connectivity index (χ4n) is 2.25. The van der Waals surface area contributed by atoms with Gasteiger partial charge in [-0.15, -0.1) is 5.10 Å². The molecule has 0 unspecified atom stereocenters. The summed E-state index contributed by atoms with van der Waals surface area (Å²) in [6.07, 6.45) is 0. The highest BCUT2D eigenvalue weighted by molar-refractivity contribution is 6.29. The number of fused-ring (bicyclic) bond motifs is 1. The average Bonchev–Trinajstić information content (AvgIpc) is 2.87. The Kier molecular flexibility index (Phi) is 4.61. The second-order valence-corrected chi connectivity index (χ2v) is 5.53. The Morgan fingerprint density at radius 2 is 2.08 bits per heavy atom. The number of ether oxygens (including phenoxy) is 2. The van der Waals surface area contributed by atoms with Gasteiger partial charge in [0.25, 0.3) is 0 Å². The molecule has 0 spiro atoms. The van der Waals surface area contributed by atoms with Gasteiger partial charge in [0.2, 0.25) is 5.88 Å². The Labute approximate surface area is 143 Å². The second kappa shape index (κ2) is 6.84. The van der Waals surface area contributed by atoms with E-state index in [1.807, 2.05) is 31.3 Å². The van der Waals surface area contributed by atoms with Crippen LogP contribution in [0.25, 0.3) is 10.9 Å². The zero-order valence-corrected chi connectivity index (χ0v) is 13.9. The van der Waals surface area contributed by atoms with Crippen molar-refractivity contribution in [1.82, 2.24) is 19.7 Å². The first-order valence-corrected chi connectivity index (χ1v) is 7.61. The third kappa shape index (κ3) is 3.62. The van der Waals surface area contributed by atoms with Gasteiger partial charge in [-0.1, -0.05) is 23.7 Å². The first kappa shape index (κ1) is 16.2. The number of benzene rings is 1. The minimum atomic E-state index is -0.536. The molecule has 0 saturated carbocycles. The summed E-state index contributed by atoms with van der Waals surface area (Å²) < 4.78 is 12.3. The molecule has 7 nitrogen and oxygen atoms in total. The van der Waals surface area contributed by atoms with Gasteiger partial charge in [-0.25, -0.2) is 14.8 Å². The van der Waals surface area contributed by atoms with Gasteiger partial charge in [-0.05, 0) is 25.1 Å². The van der Waals surface area contributed by atoms with E-state index in [9.17, 15) is 4.79 Å². The number of carbonyl (C=O) groups is 1. The fraction of sp³-hybridized carbons (Fsp3) is 0.250. The van der Waals surface area contributed by atoms with Gasteiger partial charge in [0, 0.05) is 12.7 Å². The number of para-hydroxylation sites is 1. The van der Waals surface area contributed by atoms with Crippen LogP contribution < -0.4 is 4.74 Å². The summed E-state index contributed by atoms with van der Waals surface area (Å²) in [5, 5.41) is 5.39. The van der Waals surface area contributed by atoms with E-state index in [0.717, 1.165) is 10.9 Å². The number of esters is 1. The lowest BCUT2D eigenvalue weighted by Crippen LogP contribution is -2.16. The summed E-state index contributed by atoms with van der Waals surface area (Å²) in [5.74, 6) is 0.197. The maximum absolute atomic E-state index is 11.8. The van der Waals surface area contributed by atoms with E-state index in [0.29, 0.717) is 22.6 Å². The topological polar surface area (TPSA) is 79.1 Å². The highest BCUT2D eigenvalue weighted by Gasteiger charge is 2.12. The maximum atomic E-state index is 11.8. The van der Waals surface area contributed by atoms with Crippen LogP contribution in [0, 0.1) is 6.92 Å². The van der Waals surface area contributed by atoms with E-state index in [1.165, 1.54) is 0 Å². The fourth-order valence-corrected chi connectivity index (χ4v) is 2.51. The van der Waals surface area contributed by atoms with Gasteiger partial charge < -0.3 is 9.47 Å². The van der Waals surface area contributed by atoms with Crippen LogP contribution in [0.15, 0.2) is 30.3 Å². The van der Waals surface area contributed by atoms with Crippen LogP contribution in [0.4, 0.5) is 0 Å². The van der Waals surface area contributed by atoms with Crippen LogP contribution in [0.3, 0.4) is 0 Å². The van der Waals surface area contributed by atoms with E-state index in [-0.39, 0.29) is 13.2 Å². The molecule has 0 radical (unpaired) electrons. The molecule has 24 heavy (non-hydrogen) atoms. The summed E-state index contributed by atoms with van der Waals surface area (Å²) in [7, 11) is 1.81. The lowest BCUT2D eigenvalue weighted by atomic mass is 10.2.